The molecule has 4 rings (SSSR count). The third-order valence-electron chi connectivity index (χ3n) is 4.23. The summed E-state index contributed by atoms with van der Waals surface area (Å²) in [7, 11) is -2.64. The highest BCUT2D eigenvalue weighted by molar-refractivity contribution is 7.89. The van der Waals surface area contributed by atoms with Crippen LogP contribution in [0.2, 0.25) is 0 Å². The van der Waals surface area contributed by atoms with Crippen molar-refractivity contribution in [3.63, 3.8) is 0 Å². The smallest absolute Gasteiger partial charge is 0.274 e. The number of rotatable bonds is 6. The van der Waals surface area contributed by atoms with Crippen LogP contribution in [0.5, 0.6) is 0 Å². The normalized spacial score (nSPS) is 11.4. The summed E-state index contributed by atoms with van der Waals surface area (Å²) < 4.78 is 28.5. The third kappa shape index (κ3) is 3.83. The molecule has 152 valence electrons. The zero-order chi connectivity index (χ0) is 21.1. The molecule has 1 amide bonds. The fraction of sp³-hybridized carbons (Fsp3) is 0.0526. The first kappa shape index (κ1) is 19.5. The zero-order valence-corrected chi connectivity index (χ0v) is 16.6. The number of benzene rings is 1. The summed E-state index contributed by atoms with van der Waals surface area (Å²) in [5.74, 6) is -0.573. The molecule has 4 aromatic rings. The lowest BCUT2D eigenvalue weighted by atomic mass is 10.2. The van der Waals surface area contributed by atoms with Gasteiger partial charge in [0.05, 0.1) is 23.3 Å². The number of aromatic amines is 1. The summed E-state index contributed by atoms with van der Waals surface area (Å²) in [6.45, 7) is 0. The first-order valence-corrected chi connectivity index (χ1v) is 10.3. The van der Waals surface area contributed by atoms with Gasteiger partial charge < -0.3 is 5.32 Å². The molecule has 0 saturated carbocycles. The summed E-state index contributed by atoms with van der Waals surface area (Å²) in [6.07, 6.45) is 3.02. The Balaban J connectivity index is 1.69. The fourth-order valence-corrected chi connectivity index (χ4v) is 3.53. The van der Waals surface area contributed by atoms with Crippen LogP contribution in [-0.4, -0.2) is 46.3 Å². The van der Waals surface area contributed by atoms with Crippen LogP contribution in [0.3, 0.4) is 0 Å². The molecule has 10 nitrogen and oxygen atoms in total. The van der Waals surface area contributed by atoms with E-state index in [4.69, 9.17) is 0 Å². The number of nitrogens with zero attached hydrogens (tertiary/aromatic N) is 4. The Labute approximate surface area is 172 Å². The maximum absolute atomic E-state index is 12.8. The summed E-state index contributed by atoms with van der Waals surface area (Å²) in [6, 6.07) is 15.6. The van der Waals surface area contributed by atoms with Gasteiger partial charge in [0, 0.05) is 6.20 Å². The van der Waals surface area contributed by atoms with Crippen LogP contribution in [0.15, 0.2) is 72.0 Å². The Morgan fingerprint density at radius 2 is 1.87 bits per heavy atom. The van der Waals surface area contributed by atoms with Gasteiger partial charge in [0.15, 0.2) is 0 Å². The quantitative estimate of drug-likeness (QED) is 0.433. The second kappa shape index (κ2) is 7.89. The first-order valence-electron chi connectivity index (χ1n) is 8.85. The number of amides is 1. The number of H-pyrrole nitrogens is 1. The van der Waals surface area contributed by atoms with Crippen molar-refractivity contribution < 1.29 is 13.2 Å². The molecule has 0 atom stereocenters. The van der Waals surface area contributed by atoms with Gasteiger partial charge in [-0.05, 0) is 37.4 Å². The number of nitrogens with one attached hydrogen (secondary N) is 3. The Morgan fingerprint density at radius 1 is 1.07 bits per heavy atom. The van der Waals surface area contributed by atoms with Gasteiger partial charge >= 0.3 is 0 Å². The van der Waals surface area contributed by atoms with E-state index in [1.165, 1.54) is 24.0 Å². The molecule has 0 radical (unpaired) electrons. The lowest BCUT2D eigenvalue weighted by Gasteiger charge is -2.06. The molecule has 1 aromatic carbocycles. The van der Waals surface area contributed by atoms with Crippen LogP contribution >= 0.6 is 0 Å². The van der Waals surface area contributed by atoms with Gasteiger partial charge in [0.2, 0.25) is 5.03 Å². The Bertz CT molecular complexity index is 1280. The molecule has 0 spiro atoms. The predicted molar refractivity (Wildman–Crippen MR) is 110 cm³/mol. The number of pyridine rings is 1. The zero-order valence-electron chi connectivity index (χ0n) is 15.8. The fourth-order valence-electron chi connectivity index (χ4n) is 2.75. The Morgan fingerprint density at radius 3 is 2.57 bits per heavy atom. The number of anilines is 1. The molecule has 0 aliphatic heterocycles. The molecule has 3 aromatic heterocycles. The van der Waals surface area contributed by atoms with Crippen LogP contribution < -0.4 is 10.0 Å². The Hall–Kier alpha value is -3.83. The highest BCUT2D eigenvalue weighted by Gasteiger charge is 2.24. The van der Waals surface area contributed by atoms with E-state index in [2.05, 4.69) is 30.3 Å². The van der Waals surface area contributed by atoms with Crippen molar-refractivity contribution in [1.29, 1.82) is 0 Å². The molecule has 0 unspecified atom stereocenters. The lowest BCUT2D eigenvalue weighted by molar-refractivity contribution is 0.102. The third-order valence-corrected chi connectivity index (χ3v) is 5.58. The van der Waals surface area contributed by atoms with Crippen molar-refractivity contribution in [3.8, 4) is 17.1 Å². The van der Waals surface area contributed by atoms with E-state index < -0.39 is 15.9 Å². The summed E-state index contributed by atoms with van der Waals surface area (Å²) >= 11 is 0. The molecular weight excluding hydrogens is 406 g/mol. The maximum atomic E-state index is 12.8. The van der Waals surface area contributed by atoms with Crippen LogP contribution in [0.1, 0.15) is 10.5 Å². The largest absolute Gasteiger partial charge is 0.317 e. The van der Waals surface area contributed by atoms with Gasteiger partial charge in [0.25, 0.3) is 15.9 Å². The van der Waals surface area contributed by atoms with E-state index in [-0.39, 0.29) is 16.4 Å². The van der Waals surface area contributed by atoms with Crippen LogP contribution in [-0.2, 0) is 10.0 Å². The molecular formula is C19H17N7O3S. The summed E-state index contributed by atoms with van der Waals surface area (Å²) in [5.41, 5.74) is 1.97. The molecule has 0 fully saturated rings. The van der Waals surface area contributed by atoms with Crippen molar-refractivity contribution in [1.82, 2.24) is 29.7 Å². The Kier molecular flexibility index (Phi) is 5.12. The van der Waals surface area contributed by atoms with Gasteiger partial charge in [-0.2, -0.15) is 10.2 Å². The summed E-state index contributed by atoms with van der Waals surface area (Å²) in [5, 5.41) is 13.1. The van der Waals surface area contributed by atoms with Gasteiger partial charge in [-0.1, -0.05) is 24.3 Å². The van der Waals surface area contributed by atoms with Crippen molar-refractivity contribution >= 4 is 21.6 Å². The highest BCUT2D eigenvalue weighted by atomic mass is 32.2. The number of carbonyl (C=O) groups is 1. The van der Waals surface area contributed by atoms with Crippen LogP contribution in [0, 0.1) is 0 Å². The number of hydrogen-bond donors (Lipinski definition) is 3. The molecule has 30 heavy (non-hydrogen) atoms. The highest BCUT2D eigenvalue weighted by Crippen LogP contribution is 2.23. The first-order chi connectivity index (χ1) is 14.5. The van der Waals surface area contributed by atoms with E-state index in [0.29, 0.717) is 17.1 Å². The van der Waals surface area contributed by atoms with E-state index in [1.807, 2.05) is 6.07 Å². The number of carbonyl (C=O) groups excluding carboxylic acids is 1. The monoisotopic (exact) mass is 423 g/mol. The van der Waals surface area contributed by atoms with Gasteiger partial charge in [-0.25, -0.2) is 22.8 Å². The number of aromatic nitrogens is 5. The van der Waals surface area contributed by atoms with Crippen LogP contribution in [0.4, 0.5) is 5.69 Å². The molecule has 3 heterocycles. The van der Waals surface area contributed by atoms with E-state index in [9.17, 15) is 13.2 Å². The topological polar surface area (TPSA) is 135 Å². The number of para-hydroxylation sites is 1. The van der Waals surface area contributed by atoms with Crippen molar-refractivity contribution in [2.45, 2.75) is 5.03 Å². The predicted octanol–water partition coefficient (Wildman–Crippen LogP) is 1.82. The molecule has 0 aliphatic carbocycles. The van der Waals surface area contributed by atoms with Crippen LogP contribution in [0.25, 0.3) is 17.1 Å². The average Bonchev–Trinajstić information content (AvgIpc) is 3.45. The molecule has 0 aliphatic rings. The van der Waals surface area contributed by atoms with Crippen molar-refractivity contribution in [2.24, 2.45) is 0 Å². The van der Waals surface area contributed by atoms with Gasteiger partial charge in [-0.15, -0.1) is 0 Å². The van der Waals surface area contributed by atoms with E-state index in [0.717, 1.165) is 0 Å². The minimum atomic E-state index is -3.92. The molecule has 3 N–H and O–H groups in total. The second-order valence-electron chi connectivity index (χ2n) is 6.17. The number of hydrogen-bond acceptors (Lipinski definition) is 6. The van der Waals surface area contributed by atoms with Crippen molar-refractivity contribution in [3.05, 3.63) is 72.7 Å². The average molecular weight is 423 g/mol. The second-order valence-corrected chi connectivity index (χ2v) is 7.97. The molecule has 0 bridgehead atoms. The minimum Gasteiger partial charge on any atom is -0.317 e. The van der Waals surface area contributed by atoms with E-state index in [1.54, 1.807) is 48.7 Å². The van der Waals surface area contributed by atoms with Crippen molar-refractivity contribution in [2.75, 3.05) is 12.4 Å². The summed E-state index contributed by atoms with van der Waals surface area (Å²) in [4.78, 5) is 17.1. The van der Waals surface area contributed by atoms with Gasteiger partial charge in [-0.3, -0.25) is 9.89 Å². The molecule has 11 heteroatoms. The lowest BCUT2D eigenvalue weighted by Crippen LogP contribution is -2.22. The maximum Gasteiger partial charge on any atom is 0.274 e. The number of sulfonamides is 1. The molecule has 0 saturated heterocycles. The standard InChI is InChI=1S/C19H17N7O3S/c1-20-30(28,29)19-17(12-26(25-19)13-6-3-2-4-7-13)23-18(27)16-9-5-8-14(22-16)15-10-11-21-24-15/h2-12,20H,1H3,(H,21,24)(H,23,27). The van der Waals surface area contributed by atoms with E-state index >= 15 is 0 Å². The minimum absolute atomic E-state index is 0.0342. The SMILES string of the molecule is CNS(=O)(=O)c1nn(-c2ccccc2)cc1NC(=O)c1cccc(-c2ccn[nH]2)n1. The van der Waals surface area contributed by atoms with Gasteiger partial charge in [0.1, 0.15) is 11.4 Å².